The molecule has 82 valence electrons. The maximum atomic E-state index is 10.7. The minimum absolute atomic E-state index is 0.331. The molecule has 0 bridgehead atoms. The van der Waals surface area contributed by atoms with Gasteiger partial charge in [0.25, 0.3) is 0 Å². The van der Waals surface area contributed by atoms with Crippen LogP contribution >= 0.6 is 0 Å². The van der Waals surface area contributed by atoms with Crippen LogP contribution in [0.5, 0.6) is 0 Å². The molecule has 1 rings (SSSR count). The molecule has 3 heteroatoms. The van der Waals surface area contributed by atoms with E-state index in [1.807, 2.05) is 0 Å². The highest BCUT2D eigenvalue weighted by Gasteiger charge is 2.26. The molecule has 3 nitrogen and oxygen atoms in total. The lowest BCUT2D eigenvalue weighted by Crippen LogP contribution is -2.38. The SMILES string of the molecule is CCN1CCCC[C@H](CC(=O)O)[C@H]1C. The summed E-state index contributed by atoms with van der Waals surface area (Å²) in [5.41, 5.74) is 0. The van der Waals surface area contributed by atoms with Crippen molar-refractivity contribution < 1.29 is 9.90 Å². The van der Waals surface area contributed by atoms with Crippen LogP contribution in [0.3, 0.4) is 0 Å². The molecular formula is C11H21NO2. The van der Waals surface area contributed by atoms with Gasteiger partial charge in [-0.05, 0) is 38.8 Å². The fraction of sp³-hybridized carbons (Fsp3) is 0.909. The highest BCUT2D eigenvalue weighted by molar-refractivity contribution is 5.67. The van der Waals surface area contributed by atoms with E-state index < -0.39 is 5.97 Å². The van der Waals surface area contributed by atoms with Gasteiger partial charge in [0.2, 0.25) is 0 Å². The van der Waals surface area contributed by atoms with E-state index in [1.165, 1.54) is 12.8 Å². The number of hydrogen-bond acceptors (Lipinski definition) is 2. The summed E-state index contributed by atoms with van der Waals surface area (Å²) in [7, 11) is 0. The molecule has 2 atom stereocenters. The maximum absolute atomic E-state index is 10.7. The van der Waals surface area contributed by atoms with E-state index in [1.54, 1.807) is 0 Å². The molecule has 1 fully saturated rings. The van der Waals surface area contributed by atoms with Crippen molar-refractivity contribution in [3.05, 3.63) is 0 Å². The lowest BCUT2D eigenvalue weighted by atomic mass is 9.92. The summed E-state index contributed by atoms with van der Waals surface area (Å²) >= 11 is 0. The Hall–Kier alpha value is -0.570. The van der Waals surface area contributed by atoms with Gasteiger partial charge >= 0.3 is 5.97 Å². The Balaban J connectivity index is 2.58. The van der Waals surface area contributed by atoms with E-state index in [2.05, 4.69) is 18.7 Å². The van der Waals surface area contributed by atoms with Crippen LogP contribution in [-0.2, 0) is 4.79 Å². The third kappa shape index (κ3) is 2.98. The molecule has 0 saturated carbocycles. The molecule has 0 aromatic carbocycles. The molecule has 0 unspecified atom stereocenters. The molecule has 0 aliphatic carbocycles. The number of carboxylic acids is 1. The van der Waals surface area contributed by atoms with E-state index >= 15 is 0 Å². The van der Waals surface area contributed by atoms with Crippen LogP contribution in [-0.4, -0.2) is 35.1 Å². The van der Waals surface area contributed by atoms with Gasteiger partial charge in [0.15, 0.2) is 0 Å². The van der Waals surface area contributed by atoms with Gasteiger partial charge in [0.1, 0.15) is 0 Å². The van der Waals surface area contributed by atoms with Gasteiger partial charge in [0.05, 0.1) is 0 Å². The second kappa shape index (κ2) is 5.35. The summed E-state index contributed by atoms with van der Waals surface area (Å²) in [5, 5.41) is 8.82. The molecule has 14 heavy (non-hydrogen) atoms. The highest BCUT2D eigenvalue weighted by atomic mass is 16.4. The topological polar surface area (TPSA) is 40.5 Å². The third-order valence-electron chi connectivity index (χ3n) is 3.37. The van der Waals surface area contributed by atoms with Gasteiger partial charge in [-0.3, -0.25) is 4.79 Å². The maximum Gasteiger partial charge on any atom is 0.303 e. The zero-order valence-electron chi connectivity index (χ0n) is 9.20. The zero-order chi connectivity index (χ0) is 10.6. The number of likely N-dealkylation sites (tertiary alicyclic amines) is 1. The van der Waals surface area contributed by atoms with Crippen LogP contribution in [0, 0.1) is 5.92 Å². The van der Waals surface area contributed by atoms with Crippen molar-refractivity contribution >= 4 is 5.97 Å². The molecule has 0 spiro atoms. The van der Waals surface area contributed by atoms with Gasteiger partial charge in [-0.1, -0.05) is 13.3 Å². The minimum atomic E-state index is -0.653. The Morgan fingerprint density at radius 2 is 2.21 bits per heavy atom. The first-order valence-corrected chi connectivity index (χ1v) is 5.61. The number of carboxylic acid groups (broad SMARTS) is 1. The monoisotopic (exact) mass is 199 g/mol. The number of hydrogen-bond donors (Lipinski definition) is 1. The smallest absolute Gasteiger partial charge is 0.303 e. The molecule has 1 heterocycles. The Labute approximate surface area is 86.1 Å². The number of carbonyl (C=O) groups is 1. The summed E-state index contributed by atoms with van der Waals surface area (Å²) in [4.78, 5) is 13.1. The fourth-order valence-corrected chi connectivity index (χ4v) is 2.41. The Bertz CT molecular complexity index is 194. The first-order valence-electron chi connectivity index (χ1n) is 5.61. The molecule has 1 aliphatic rings. The van der Waals surface area contributed by atoms with Gasteiger partial charge in [0, 0.05) is 12.5 Å². The normalized spacial score (nSPS) is 29.9. The van der Waals surface area contributed by atoms with Gasteiger partial charge in [-0.15, -0.1) is 0 Å². The molecule has 1 saturated heterocycles. The van der Waals surface area contributed by atoms with Crippen molar-refractivity contribution in [1.29, 1.82) is 0 Å². The van der Waals surface area contributed by atoms with Crippen LogP contribution < -0.4 is 0 Å². The van der Waals surface area contributed by atoms with Crippen molar-refractivity contribution in [2.75, 3.05) is 13.1 Å². The zero-order valence-corrected chi connectivity index (χ0v) is 9.20. The molecule has 1 aliphatic heterocycles. The van der Waals surface area contributed by atoms with Crippen LogP contribution in [0.25, 0.3) is 0 Å². The number of nitrogens with zero attached hydrogens (tertiary/aromatic N) is 1. The van der Waals surface area contributed by atoms with Crippen LogP contribution in [0.1, 0.15) is 39.5 Å². The van der Waals surface area contributed by atoms with Crippen LogP contribution in [0.2, 0.25) is 0 Å². The van der Waals surface area contributed by atoms with Gasteiger partial charge in [-0.2, -0.15) is 0 Å². The van der Waals surface area contributed by atoms with Crippen molar-refractivity contribution in [2.24, 2.45) is 5.92 Å². The molecule has 1 N–H and O–H groups in total. The second-order valence-corrected chi connectivity index (χ2v) is 4.22. The van der Waals surface area contributed by atoms with Crippen molar-refractivity contribution in [3.8, 4) is 0 Å². The summed E-state index contributed by atoms with van der Waals surface area (Å²) in [6.07, 6.45) is 3.80. The lowest BCUT2D eigenvalue weighted by Gasteiger charge is -2.30. The van der Waals surface area contributed by atoms with Crippen LogP contribution in [0.15, 0.2) is 0 Å². The predicted molar refractivity (Wildman–Crippen MR) is 56.3 cm³/mol. The first kappa shape index (κ1) is 11.5. The molecule has 0 amide bonds. The second-order valence-electron chi connectivity index (χ2n) is 4.22. The van der Waals surface area contributed by atoms with Gasteiger partial charge < -0.3 is 10.0 Å². The molecule has 0 radical (unpaired) electrons. The fourth-order valence-electron chi connectivity index (χ4n) is 2.41. The summed E-state index contributed by atoms with van der Waals surface area (Å²) in [6.45, 7) is 6.49. The van der Waals surface area contributed by atoms with Crippen LogP contribution in [0.4, 0.5) is 0 Å². The molecule has 0 aromatic rings. The number of rotatable bonds is 3. The summed E-state index contributed by atoms with van der Waals surface area (Å²) < 4.78 is 0. The number of aliphatic carboxylic acids is 1. The van der Waals surface area contributed by atoms with E-state index in [9.17, 15) is 4.79 Å². The molecular weight excluding hydrogens is 178 g/mol. The average Bonchev–Trinajstić information content (AvgIpc) is 2.29. The quantitative estimate of drug-likeness (QED) is 0.755. The van der Waals surface area contributed by atoms with Crippen molar-refractivity contribution in [2.45, 2.75) is 45.6 Å². The third-order valence-corrected chi connectivity index (χ3v) is 3.37. The predicted octanol–water partition coefficient (Wildman–Crippen LogP) is 1.97. The lowest BCUT2D eigenvalue weighted by molar-refractivity contribution is -0.138. The van der Waals surface area contributed by atoms with E-state index in [4.69, 9.17) is 5.11 Å². The Kier molecular flexibility index (Phi) is 4.39. The average molecular weight is 199 g/mol. The Morgan fingerprint density at radius 3 is 2.79 bits per heavy atom. The van der Waals surface area contributed by atoms with E-state index in [0.717, 1.165) is 19.5 Å². The first-order chi connectivity index (χ1) is 6.65. The summed E-state index contributed by atoms with van der Waals surface area (Å²) in [5.74, 6) is -0.310. The Morgan fingerprint density at radius 1 is 1.50 bits per heavy atom. The minimum Gasteiger partial charge on any atom is -0.481 e. The standard InChI is InChI=1S/C11H21NO2/c1-3-12-7-5-4-6-10(9(12)2)8-11(13)14/h9-10H,3-8H2,1-2H3,(H,13,14)/t9-,10-/m1/s1. The largest absolute Gasteiger partial charge is 0.481 e. The van der Waals surface area contributed by atoms with E-state index in [-0.39, 0.29) is 0 Å². The highest BCUT2D eigenvalue weighted by Crippen LogP contribution is 2.25. The van der Waals surface area contributed by atoms with Crippen molar-refractivity contribution in [3.63, 3.8) is 0 Å². The summed E-state index contributed by atoms with van der Waals surface area (Å²) in [6, 6.07) is 0.429. The van der Waals surface area contributed by atoms with Crippen molar-refractivity contribution in [1.82, 2.24) is 4.90 Å². The van der Waals surface area contributed by atoms with Gasteiger partial charge in [-0.25, -0.2) is 0 Å². The molecule has 0 aromatic heterocycles. The van der Waals surface area contributed by atoms with E-state index in [0.29, 0.717) is 18.4 Å².